The number of hydrogen-bond donors (Lipinski definition) is 1. The molecule has 5 nitrogen and oxygen atoms in total. The van der Waals surface area contributed by atoms with Crippen LogP contribution in [0, 0.1) is 5.82 Å². The minimum absolute atomic E-state index is 0.104. The summed E-state index contributed by atoms with van der Waals surface area (Å²) in [6, 6.07) is 8.76. The molecule has 1 saturated heterocycles. The van der Waals surface area contributed by atoms with E-state index in [0.717, 1.165) is 11.8 Å². The lowest BCUT2D eigenvalue weighted by molar-refractivity contribution is -0.115. The summed E-state index contributed by atoms with van der Waals surface area (Å²) in [5, 5.41) is 2.53. The summed E-state index contributed by atoms with van der Waals surface area (Å²) in [5.74, 6) is -1.47. The molecule has 27 heavy (non-hydrogen) atoms. The number of benzene rings is 2. The van der Waals surface area contributed by atoms with Crippen molar-refractivity contribution in [2.24, 2.45) is 0 Å². The second kappa shape index (κ2) is 8.20. The van der Waals surface area contributed by atoms with E-state index >= 15 is 0 Å². The molecule has 0 bridgehead atoms. The monoisotopic (exact) mass is 467 g/mol. The van der Waals surface area contributed by atoms with E-state index in [-0.39, 0.29) is 23.0 Å². The largest absolute Gasteiger partial charge is 0.493 e. The van der Waals surface area contributed by atoms with Crippen LogP contribution in [0.3, 0.4) is 0 Å². The third kappa shape index (κ3) is 4.37. The smallest absolute Gasteiger partial charge is 0.346 e. The number of nitrogens with one attached hydrogen (secondary N) is 1. The highest BCUT2D eigenvalue weighted by molar-refractivity contribution is 9.10. The first-order valence-electron chi connectivity index (χ1n) is 7.48. The molecule has 2 aromatic rings. The van der Waals surface area contributed by atoms with Crippen LogP contribution in [0.15, 0.2) is 45.8 Å². The number of ether oxygens (including phenoxy) is 2. The molecular weight excluding hydrogens is 457 g/mol. The van der Waals surface area contributed by atoms with Gasteiger partial charge in [-0.2, -0.15) is 0 Å². The average molecular weight is 468 g/mol. The molecule has 9 heteroatoms. The Labute approximate surface area is 172 Å². The van der Waals surface area contributed by atoms with E-state index in [9.17, 15) is 14.0 Å². The molecule has 0 aromatic heterocycles. The van der Waals surface area contributed by atoms with Crippen LogP contribution in [0.5, 0.6) is 11.5 Å². The molecular formula is C18H11BrFNO4S2. The fraction of sp³-hybridized carbons (Fsp3) is 0.0556. The minimum atomic E-state index is -0.853. The molecule has 1 N–H and O–H groups in total. The van der Waals surface area contributed by atoms with Crippen molar-refractivity contribution in [1.29, 1.82) is 0 Å². The molecule has 1 aliphatic heterocycles. The number of thiocarbonyl (C=S) groups is 1. The Hall–Kier alpha value is -2.23. The number of amides is 1. The Balaban J connectivity index is 1.92. The lowest BCUT2D eigenvalue weighted by Crippen LogP contribution is -2.17. The van der Waals surface area contributed by atoms with Gasteiger partial charge in [0.2, 0.25) is 0 Å². The number of carbonyl (C=O) groups excluding carboxylic acids is 2. The maximum atomic E-state index is 13.8. The second-order valence-corrected chi connectivity index (χ2v) is 7.83. The van der Waals surface area contributed by atoms with E-state index in [4.69, 9.17) is 21.7 Å². The predicted molar refractivity (Wildman–Crippen MR) is 108 cm³/mol. The molecule has 138 valence electrons. The molecule has 0 spiro atoms. The first-order valence-corrected chi connectivity index (χ1v) is 9.50. The lowest BCUT2D eigenvalue weighted by Gasteiger charge is -2.12. The van der Waals surface area contributed by atoms with Gasteiger partial charge in [-0.25, -0.2) is 9.18 Å². The second-order valence-electron chi connectivity index (χ2n) is 5.26. The van der Waals surface area contributed by atoms with Crippen molar-refractivity contribution in [3.63, 3.8) is 0 Å². The van der Waals surface area contributed by atoms with Gasteiger partial charge in [0, 0.05) is 0 Å². The van der Waals surface area contributed by atoms with Crippen molar-refractivity contribution in [3.8, 4) is 11.5 Å². The molecule has 0 atom stereocenters. The van der Waals surface area contributed by atoms with Gasteiger partial charge in [-0.1, -0.05) is 36.1 Å². The van der Waals surface area contributed by atoms with Crippen LogP contribution in [0.4, 0.5) is 4.39 Å². The Morgan fingerprint density at radius 2 is 2.07 bits per heavy atom. The summed E-state index contributed by atoms with van der Waals surface area (Å²) in [7, 11) is 1.41. The maximum absolute atomic E-state index is 13.8. The SMILES string of the molecule is COc1cc(/C=C2\SC(=S)NC2=O)cc(Br)c1OC(=O)c1ccccc1F. The normalized spacial score (nSPS) is 15.0. The van der Waals surface area contributed by atoms with Gasteiger partial charge < -0.3 is 14.8 Å². The standard InChI is InChI=1S/C18H11BrFNO4S2/c1-24-13-7-9(8-14-16(22)21-18(26)27-14)6-11(19)15(13)25-17(23)10-4-2-3-5-12(10)20/h2-8H,1H3,(H,21,22,26)/b14-8-. The fourth-order valence-electron chi connectivity index (χ4n) is 2.27. The van der Waals surface area contributed by atoms with E-state index in [1.54, 1.807) is 18.2 Å². The Morgan fingerprint density at radius 1 is 1.33 bits per heavy atom. The van der Waals surface area contributed by atoms with Crippen LogP contribution < -0.4 is 14.8 Å². The number of rotatable bonds is 4. The molecule has 1 heterocycles. The highest BCUT2D eigenvalue weighted by Crippen LogP contribution is 2.38. The van der Waals surface area contributed by atoms with Gasteiger partial charge in [0.05, 0.1) is 22.1 Å². The summed E-state index contributed by atoms with van der Waals surface area (Å²) in [6.45, 7) is 0. The molecule has 2 aromatic carbocycles. The van der Waals surface area contributed by atoms with E-state index in [0.29, 0.717) is 19.3 Å². The fourth-order valence-corrected chi connectivity index (χ4v) is 3.85. The summed E-state index contributed by atoms with van der Waals surface area (Å²) in [4.78, 5) is 24.5. The van der Waals surface area contributed by atoms with E-state index in [2.05, 4.69) is 21.2 Å². The van der Waals surface area contributed by atoms with E-state index in [1.807, 2.05) is 0 Å². The molecule has 1 aliphatic rings. The highest BCUT2D eigenvalue weighted by atomic mass is 79.9. The van der Waals surface area contributed by atoms with Gasteiger partial charge in [0.15, 0.2) is 11.5 Å². The van der Waals surface area contributed by atoms with Gasteiger partial charge >= 0.3 is 5.97 Å². The van der Waals surface area contributed by atoms with Gasteiger partial charge in [0.25, 0.3) is 5.91 Å². The molecule has 0 unspecified atom stereocenters. The number of methoxy groups -OCH3 is 1. The van der Waals surface area contributed by atoms with Gasteiger partial charge in [-0.15, -0.1) is 0 Å². The third-order valence-electron chi connectivity index (χ3n) is 3.48. The first-order chi connectivity index (χ1) is 12.9. The lowest BCUT2D eigenvalue weighted by atomic mass is 10.1. The molecule has 3 rings (SSSR count). The summed E-state index contributed by atoms with van der Waals surface area (Å²) >= 11 is 9.43. The van der Waals surface area contributed by atoms with Gasteiger partial charge in [0.1, 0.15) is 10.1 Å². The number of hydrogen-bond acceptors (Lipinski definition) is 6. The topological polar surface area (TPSA) is 64.6 Å². The van der Waals surface area contributed by atoms with Crippen molar-refractivity contribution < 1.29 is 23.5 Å². The molecule has 1 amide bonds. The van der Waals surface area contributed by atoms with Crippen LogP contribution in [0.2, 0.25) is 0 Å². The minimum Gasteiger partial charge on any atom is -0.493 e. The number of thioether (sulfide) groups is 1. The molecule has 1 fully saturated rings. The predicted octanol–water partition coefficient (Wildman–Crippen LogP) is 4.30. The van der Waals surface area contributed by atoms with Gasteiger partial charge in [-0.05, 0) is 51.8 Å². The zero-order valence-corrected chi connectivity index (χ0v) is 17.0. The zero-order valence-electron chi connectivity index (χ0n) is 13.7. The number of carbonyl (C=O) groups is 2. The molecule has 0 aliphatic carbocycles. The average Bonchev–Trinajstić information content (AvgIpc) is 2.94. The van der Waals surface area contributed by atoms with Crippen molar-refractivity contribution in [2.45, 2.75) is 0 Å². The number of halogens is 2. The van der Waals surface area contributed by atoms with E-state index in [1.165, 1.54) is 31.4 Å². The zero-order chi connectivity index (χ0) is 19.6. The van der Waals surface area contributed by atoms with E-state index < -0.39 is 11.8 Å². The summed E-state index contributed by atoms with van der Waals surface area (Å²) in [5.41, 5.74) is 0.442. The quantitative estimate of drug-likeness (QED) is 0.313. The van der Waals surface area contributed by atoms with Crippen LogP contribution in [-0.4, -0.2) is 23.3 Å². The molecule has 0 saturated carbocycles. The third-order valence-corrected chi connectivity index (χ3v) is 5.23. The molecule has 0 radical (unpaired) electrons. The first kappa shape index (κ1) is 19.5. The maximum Gasteiger partial charge on any atom is 0.346 e. The highest BCUT2D eigenvalue weighted by Gasteiger charge is 2.23. The Morgan fingerprint density at radius 3 is 2.70 bits per heavy atom. The van der Waals surface area contributed by atoms with Crippen LogP contribution in [0.25, 0.3) is 6.08 Å². The van der Waals surface area contributed by atoms with Crippen molar-refractivity contribution in [2.75, 3.05) is 7.11 Å². The van der Waals surface area contributed by atoms with Crippen LogP contribution in [0.1, 0.15) is 15.9 Å². The Bertz CT molecular complexity index is 993. The Kier molecular flexibility index (Phi) is 5.93. The van der Waals surface area contributed by atoms with Crippen LogP contribution in [-0.2, 0) is 4.79 Å². The van der Waals surface area contributed by atoms with Crippen molar-refractivity contribution in [1.82, 2.24) is 5.32 Å². The van der Waals surface area contributed by atoms with Crippen molar-refractivity contribution >= 4 is 62.2 Å². The van der Waals surface area contributed by atoms with Crippen LogP contribution >= 0.6 is 39.9 Å². The number of esters is 1. The summed E-state index contributed by atoms with van der Waals surface area (Å²) < 4.78 is 25.2. The summed E-state index contributed by atoms with van der Waals surface area (Å²) in [6.07, 6.45) is 1.63. The van der Waals surface area contributed by atoms with Crippen molar-refractivity contribution in [3.05, 3.63) is 62.7 Å². The van der Waals surface area contributed by atoms with Gasteiger partial charge in [-0.3, -0.25) is 4.79 Å².